The van der Waals surface area contributed by atoms with Crippen molar-refractivity contribution < 1.29 is 9.53 Å². The summed E-state index contributed by atoms with van der Waals surface area (Å²) in [6.45, 7) is 2.55. The fourth-order valence-electron chi connectivity index (χ4n) is 1.95. The van der Waals surface area contributed by atoms with Crippen LogP contribution in [0.1, 0.15) is 30.1 Å². The SMILES string of the molecule is CCOc1ccc2[nH]cc(C(=O)CCCCl)c2c1. The van der Waals surface area contributed by atoms with Gasteiger partial charge in [-0.05, 0) is 31.5 Å². The molecule has 0 unspecified atom stereocenters. The van der Waals surface area contributed by atoms with E-state index < -0.39 is 0 Å². The standard InChI is InChI=1S/C14H16ClNO2/c1-2-18-10-5-6-13-11(8-10)12(9-16-13)14(17)4-3-7-15/h5-6,8-9,16H,2-4,7H2,1H3. The highest BCUT2D eigenvalue weighted by Crippen LogP contribution is 2.25. The number of hydrogen-bond donors (Lipinski definition) is 1. The number of Topliss-reactive ketones (excluding diaryl/α,β-unsaturated/α-hetero) is 1. The van der Waals surface area contributed by atoms with Crippen LogP contribution in [0.15, 0.2) is 24.4 Å². The van der Waals surface area contributed by atoms with Crippen LogP contribution >= 0.6 is 11.6 Å². The van der Waals surface area contributed by atoms with Gasteiger partial charge in [-0.3, -0.25) is 4.79 Å². The number of ether oxygens (including phenoxy) is 1. The molecule has 1 aromatic heterocycles. The lowest BCUT2D eigenvalue weighted by molar-refractivity contribution is 0.0983. The van der Waals surface area contributed by atoms with E-state index >= 15 is 0 Å². The third-order valence-electron chi connectivity index (χ3n) is 2.80. The highest BCUT2D eigenvalue weighted by Gasteiger charge is 2.12. The lowest BCUT2D eigenvalue weighted by Crippen LogP contribution is -1.98. The van der Waals surface area contributed by atoms with E-state index in [2.05, 4.69) is 4.98 Å². The van der Waals surface area contributed by atoms with Crippen molar-refractivity contribution in [1.29, 1.82) is 0 Å². The molecule has 1 N–H and O–H groups in total. The summed E-state index contributed by atoms with van der Waals surface area (Å²) in [5, 5.41) is 0.917. The maximum atomic E-state index is 12.0. The van der Waals surface area contributed by atoms with E-state index in [9.17, 15) is 4.79 Å². The summed E-state index contributed by atoms with van der Waals surface area (Å²) in [7, 11) is 0. The molecule has 0 bridgehead atoms. The van der Waals surface area contributed by atoms with E-state index in [-0.39, 0.29) is 5.78 Å². The summed E-state index contributed by atoms with van der Waals surface area (Å²) in [6, 6.07) is 5.73. The van der Waals surface area contributed by atoms with Gasteiger partial charge in [0.25, 0.3) is 0 Å². The third-order valence-corrected chi connectivity index (χ3v) is 3.07. The van der Waals surface area contributed by atoms with Crippen molar-refractivity contribution >= 4 is 28.3 Å². The molecule has 96 valence electrons. The monoisotopic (exact) mass is 265 g/mol. The van der Waals surface area contributed by atoms with Crippen LogP contribution in [0, 0.1) is 0 Å². The first kappa shape index (κ1) is 13.0. The minimum Gasteiger partial charge on any atom is -0.494 e. The van der Waals surface area contributed by atoms with Crippen LogP contribution in [0.4, 0.5) is 0 Å². The number of benzene rings is 1. The van der Waals surface area contributed by atoms with Crippen molar-refractivity contribution in [3.8, 4) is 5.75 Å². The van der Waals surface area contributed by atoms with Crippen LogP contribution < -0.4 is 4.74 Å². The summed E-state index contributed by atoms with van der Waals surface area (Å²) >= 11 is 5.61. The second kappa shape index (κ2) is 5.91. The topological polar surface area (TPSA) is 42.1 Å². The Morgan fingerprint density at radius 1 is 1.44 bits per heavy atom. The predicted molar refractivity (Wildman–Crippen MR) is 73.8 cm³/mol. The fourth-order valence-corrected chi connectivity index (χ4v) is 2.08. The maximum absolute atomic E-state index is 12.0. The molecule has 0 radical (unpaired) electrons. The summed E-state index contributed by atoms with van der Waals surface area (Å²) < 4.78 is 5.45. The van der Waals surface area contributed by atoms with Crippen molar-refractivity contribution in [3.63, 3.8) is 0 Å². The normalized spacial score (nSPS) is 10.8. The number of nitrogens with one attached hydrogen (secondary N) is 1. The Balaban J connectivity index is 2.32. The van der Waals surface area contributed by atoms with E-state index in [1.54, 1.807) is 6.20 Å². The molecule has 3 nitrogen and oxygen atoms in total. The number of rotatable bonds is 6. The first-order chi connectivity index (χ1) is 8.76. The highest BCUT2D eigenvalue weighted by atomic mass is 35.5. The number of aromatic amines is 1. The van der Waals surface area contributed by atoms with Gasteiger partial charge >= 0.3 is 0 Å². The first-order valence-corrected chi connectivity index (χ1v) is 6.62. The molecular weight excluding hydrogens is 250 g/mol. The van der Waals surface area contributed by atoms with Crippen molar-refractivity contribution in [2.75, 3.05) is 12.5 Å². The van der Waals surface area contributed by atoms with E-state index in [1.807, 2.05) is 25.1 Å². The number of fused-ring (bicyclic) bond motifs is 1. The van der Waals surface area contributed by atoms with E-state index in [4.69, 9.17) is 16.3 Å². The molecule has 0 saturated heterocycles. The number of ketones is 1. The summed E-state index contributed by atoms with van der Waals surface area (Å²) in [5.74, 6) is 1.42. The van der Waals surface area contributed by atoms with Crippen LogP contribution in [-0.2, 0) is 0 Å². The van der Waals surface area contributed by atoms with E-state index in [0.717, 1.165) is 22.2 Å². The number of carbonyl (C=O) groups excluding carboxylic acids is 1. The Bertz CT molecular complexity index is 548. The van der Waals surface area contributed by atoms with Gasteiger partial charge in [0.2, 0.25) is 0 Å². The molecule has 4 heteroatoms. The summed E-state index contributed by atoms with van der Waals surface area (Å²) in [6.07, 6.45) is 2.95. The lowest BCUT2D eigenvalue weighted by atomic mass is 10.1. The fraction of sp³-hybridized carbons (Fsp3) is 0.357. The molecule has 0 atom stereocenters. The maximum Gasteiger partial charge on any atom is 0.165 e. The number of carbonyl (C=O) groups is 1. The Morgan fingerprint density at radius 2 is 2.28 bits per heavy atom. The minimum atomic E-state index is 0.121. The molecule has 0 aliphatic carbocycles. The second-order valence-electron chi connectivity index (χ2n) is 4.06. The molecule has 1 aromatic carbocycles. The molecule has 0 spiro atoms. The summed E-state index contributed by atoms with van der Waals surface area (Å²) in [5.41, 5.74) is 1.67. The van der Waals surface area contributed by atoms with Crippen LogP contribution in [0.3, 0.4) is 0 Å². The average molecular weight is 266 g/mol. The molecule has 1 heterocycles. The van der Waals surface area contributed by atoms with Gasteiger partial charge in [0, 0.05) is 35.0 Å². The quantitative estimate of drug-likeness (QED) is 0.638. The van der Waals surface area contributed by atoms with Gasteiger partial charge in [-0.2, -0.15) is 0 Å². The van der Waals surface area contributed by atoms with Gasteiger partial charge in [-0.25, -0.2) is 0 Å². The predicted octanol–water partition coefficient (Wildman–Crippen LogP) is 3.77. The summed E-state index contributed by atoms with van der Waals surface area (Å²) in [4.78, 5) is 15.1. The Hall–Kier alpha value is -1.48. The minimum absolute atomic E-state index is 0.121. The van der Waals surface area contributed by atoms with Crippen molar-refractivity contribution in [1.82, 2.24) is 4.98 Å². The number of alkyl halides is 1. The number of hydrogen-bond acceptors (Lipinski definition) is 2. The van der Waals surface area contributed by atoms with E-state index in [1.165, 1.54) is 0 Å². The highest BCUT2D eigenvalue weighted by molar-refractivity contribution is 6.18. The van der Waals surface area contributed by atoms with Gasteiger partial charge in [0.1, 0.15) is 5.75 Å². The van der Waals surface area contributed by atoms with Crippen LogP contribution in [0.5, 0.6) is 5.75 Å². The smallest absolute Gasteiger partial charge is 0.165 e. The molecule has 0 aliphatic heterocycles. The van der Waals surface area contributed by atoms with Gasteiger partial charge in [0.15, 0.2) is 5.78 Å². The van der Waals surface area contributed by atoms with Crippen LogP contribution in [0.25, 0.3) is 10.9 Å². The number of aromatic nitrogens is 1. The number of halogens is 1. The largest absolute Gasteiger partial charge is 0.494 e. The Kier molecular flexibility index (Phi) is 4.26. The molecule has 0 fully saturated rings. The molecule has 0 aliphatic rings. The van der Waals surface area contributed by atoms with E-state index in [0.29, 0.717) is 25.3 Å². The van der Waals surface area contributed by atoms with Gasteiger partial charge < -0.3 is 9.72 Å². The van der Waals surface area contributed by atoms with Crippen molar-refractivity contribution in [2.24, 2.45) is 0 Å². The molecule has 2 rings (SSSR count). The van der Waals surface area contributed by atoms with Crippen LogP contribution in [-0.4, -0.2) is 23.3 Å². The van der Waals surface area contributed by atoms with Gasteiger partial charge in [-0.15, -0.1) is 11.6 Å². The third kappa shape index (κ3) is 2.67. The zero-order valence-electron chi connectivity index (χ0n) is 10.3. The lowest BCUT2D eigenvalue weighted by Gasteiger charge is -2.03. The number of H-pyrrole nitrogens is 1. The van der Waals surface area contributed by atoms with Gasteiger partial charge in [-0.1, -0.05) is 0 Å². The van der Waals surface area contributed by atoms with Crippen molar-refractivity contribution in [2.45, 2.75) is 19.8 Å². The average Bonchev–Trinajstić information content (AvgIpc) is 2.79. The molecule has 18 heavy (non-hydrogen) atoms. The van der Waals surface area contributed by atoms with Crippen LogP contribution in [0.2, 0.25) is 0 Å². The first-order valence-electron chi connectivity index (χ1n) is 6.09. The van der Waals surface area contributed by atoms with Gasteiger partial charge in [0.05, 0.1) is 6.61 Å². The Labute approximate surface area is 111 Å². The van der Waals surface area contributed by atoms with Crippen molar-refractivity contribution in [3.05, 3.63) is 30.0 Å². The zero-order valence-corrected chi connectivity index (χ0v) is 11.1. The molecule has 0 amide bonds. The zero-order chi connectivity index (χ0) is 13.0. The Morgan fingerprint density at radius 3 is 3.00 bits per heavy atom. The molecule has 0 saturated carbocycles. The molecular formula is C14H16ClNO2. The molecule has 2 aromatic rings. The second-order valence-corrected chi connectivity index (χ2v) is 4.44.